The Morgan fingerprint density at radius 3 is 2.22 bits per heavy atom. The van der Waals surface area contributed by atoms with Crippen LogP contribution in [0.3, 0.4) is 0 Å². The number of amides is 1. The number of non-ortho nitro benzene ring substituents is 1. The van der Waals surface area contributed by atoms with Crippen molar-refractivity contribution in [3.63, 3.8) is 0 Å². The van der Waals surface area contributed by atoms with Gasteiger partial charge >= 0.3 is 10.1 Å². The van der Waals surface area contributed by atoms with Crippen molar-refractivity contribution in [2.24, 2.45) is 10.2 Å². The van der Waals surface area contributed by atoms with E-state index in [1.807, 2.05) is 0 Å². The zero-order valence-electron chi connectivity index (χ0n) is 26.3. The van der Waals surface area contributed by atoms with Crippen LogP contribution in [0.15, 0.2) is 51.5 Å². The summed E-state index contributed by atoms with van der Waals surface area (Å²) < 4.78 is 36.4. The molecule has 0 radical (unpaired) electrons. The lowest BCUT2D eigenvalue weighted by Gasteiger charge is -2.12. The number of nitro benzene ring substituents is 1. The standard InChI is InChI=1S/C32H44N4O7S2/c1-4-5-6-7-8-9-10-11-12-13-14-15-16-29-31(37)34-32(44-29)35-33-23-25-18-20-27(28(21-25)42-3)43-45(40,41)30-22-26(36(38)39)19-17-24(30)2/h17-23,29H,4-16H2,1-3H3,(H,34,35,37). The highest BCUT2D eigenvalue weighted by atomic mass is 32.2. The van der Waals surface area contributed by atoms with E-state index in [1.54, 1.807) is 6.07 Å². The number of nitrogens with zero attached hydrogens (tertiary/aromatic N) is 3. The van der Waals surface area contributed by atoms with Crippen LogP contribution in [0.2, 0.25) is 0 Å². The second kappa shape index (κ2) is 18.5. The van der Waals surface area contributed by atoms with Crippen molar-refractivity contribution in [3.05, 3.63) is 57.6 Å². The first-order chi connectivity index (χ1) is 21.6. The number of unbranched alkanes of at least 4 members (excludes halogenated alkanes) is 11. The Morgan fingerprint density at radius 1 is 0.956 bits per heavy atom. The van der Waals surface area contributed by atoms with Crippen LogP contribution in [0.1, 0.15) is 102 Å². The molecule has 13 heteroatoms. The number of carbonyl (C=O) groups is 1. The monoisotopic (exact) mass is 660 g/mol. The molecule has 1 N–H and O–H groups in total. The topological polar surface area (TPSA) is 150 Å². The highest BCUT2D eigenvalue weighted by Crippen LogP contribution is 2.32. The molecular formula is C32H44N4O7S2. The molecule has 45 heavy (non-hydrogen) atoms. The summed E-state index contributed by atoms with van der Waals surface area (Å²) in [5.41, 5.74) is 0.487. The first-order valence-corrected chi connectivity index (χ1v) is 17.9. The molecule has 1 atom stereocenters. The van der Waals surface area contributed by atoms with Gasteiger partial charge in [0.2, 0.25) is 5.91 Å². The number of nitro groups is 1. The van der Waals surface area contributed by atoms with Crippen molar-refractivity contribution in [3.8, 4) is 11.5 Å². The van der Waals surface area contributed by atoms with E-state index < -0.39 is 15.0 Å². The zero-order chi connectivity index (χ0) is 32.7. The van der Waals surface area contributed by atoms with Gasteiger partial charge in [0.25, 0.3) is 5.69 Å². The van der Waals surface area contributed by atoms with Gasteiger partial charge in [0.15, 0.2) is 16.7 Å². The molecule has 1 fully saturated rings. The Hall–Kier alpha value is -3.45. The molecule has 1 amide bonds. The van der Waals surface area contributed by atoms with Crippen molar-refractivity contribution in [1.82, 2.24) is 5.32 Å². The third-order valence-corrected chi connectivity index (χ3v) is 10.0. The molecule has 1 aliphatic rings. The van der Waals surface area contributed by atoms with Crippen LogP contribution in [0.25, 0.3) is 0 Å². The molecule has 0 saturated carbocycles. The SMILES string of the molecule is CCCCCCCCCCCCCCC1S/C(=N/N=Cc2ccc(OS(=O)(=O)c3cc([N+](=O)[O-])ccc3C)c(OC)c2)NC1=O. The summed E-state index contributed by atoms with van der Waals surface area (Å²) in [4.78, 5) is 22.5. The highest BCUT2D eigenvalue weighted by molar-refractivity contribution is 8.15. The highest BCUT2D eigenvalue weighted by Gasteiger charge is 2.29. The van der Waals surface area contributed by atoms with Gasteiger partial charge in [0.1, 0.15) is 4.90 Å². The van der Waals surface area contributed by atoms with E-state index in [0.717, 1.165) is 25.3 Å². The number of rotatable bonds is 20. The van der Waals surface area contributed by atoms with E-state index in [4.69, 9.17) is 8.92 Å². The minimum Gasteiger partial charge on any atom is -0.493 e. The van der Waals surface area contributed by atoms with Crippen molar-refractivity contribution < 1.29 is 27.1 Å². The second-order valence-electron chi connectivity index (χ2n) is 11.1. The van der Waals surface area contributed by atoms with Crippen molar-refractivity contribution in [2.75, 3.05) is 7.11 Å². The van der Waals surface area contributed by atoms with Gasteiger partial charge in [-0.05, 0) is 42.7 Å². The zero-order valence-corrected chi connectivity index (χ0v) is 28.0. The van der Waals surface area contributed by atoms with E-state index in [1.165, 1.54) is 120 Å². The number of hydrogen-bond donors (Lipinski definition) is 1. The number of thioether (sulfide) groups is 1. The van der Waals surface area contributed by atoms with Crippen LogP contribution in [0.4, 0.5) is 5.69 Å². The van der Waals surface area contributed by atoms with Gasteiger partial charge in [-0.25, -0.2) is 0 Å². The van der Waals surface area contributed by atoms with E-state index >= 15 is 0 Å². The van der Waals surface area contributed by atoms with Gasteiger partial charge in [0, 0.05) is 12.1 Å². The number of methoxy groups -OCH3 is 1. The molecule has 2 aromatic carbocycles. The smallest absolute Gasteiger partial charge is 0.339 e. The number of nitrogens with one attached hydrogen (secondary N) is 1. The summed E-state index contributed by atoms with van der Waals surface area (Å²) in [7, 11) is -3.03. The minimum absolute atomic E-state index is 0.0552. The molecule has 1 heterocycles. The molecule has 1 aliphatic heterocycles. The van der Waals surface area contributed by atoms with Crippen LogP contribution < -0.4 is 14.2 Å². The Balaban J connectivity index is 1.46. The Morgan fingerprint density at radius 2 is 1.60 bits per heavy atom. The van der Waals surface area contributed by atoms with Gasteiger partial charge in [-0.15, -0.1) is 5.10 Å². The van der Waals surface area contributed by atoms with Crippen LogP contribution in [-0.4, -0.2) is 43.0 Å². The van der Waals surface area contributed by atoms with Gasteiger partial charge < -0.3 is 14.2 Å². The van der Waals surface area contributed by atoms with Crippen molar-refractivity contribution in [2.45, 2.75) is 107 Å². The predicted octanol–water partition coefficient (Wildman–Crippen LogP) is 7.69. The van der Waals surface area contributed by atoms with Crippen LogP contribution in [0.5, 0.6) is 11.5 Å². The van der Waals surface area contributed by atoms with Gasteiger partial charge in [0.05, 0.1) is 23.5 Å². The normalized spacial score (nSPS) is 15.9. The van der Waals surface area contributed by atoms with E-state index in [9.17, 15) is 23.3 Å². The number of ether oxygens (including phenoxy) is 1. The number of hydrogen-bond acceptors (Lipinski definition) is 10. The fraction of sp³-hybridized carbons (Fsp3) is 0.531. The summed E-state index contributed by atoms with van der Waals surface area (Å²) >= 11 is 1.38. The maximum absolute atomic E-state index is 12.9. The third-order valence-electron chi connectivity index (χ3n) is 7.49. The summed E-state index contributed by atoms with van der Waals surface area (Å²) in [6, 6.07) is 8.01. The fourth-order valence-electron chi connectivity index (χ4n) is 4.93. The van der Waals surface area contributed by atoms with Crippen LogP contribution >= 0.6 is 11.8 Å². The molecule has 0 aliphatic carbocycles. The molecule has 246 valence electrons. The van der Waals surface area contributed by atoms with Crippen molar-refractivity contribution >= 4 is 44.9 Å². The van der Waals surface area contributed by atoms with E-state index in [-0.39, 0.29) is 33.2 Å². The molecule has 3 rings (SSSR count). The Kier molecular flexibility index (Phi) is 14.8. The lowest BCUT2D eigenvalue weighted by atomic mass is 10.0. The average molecular weight is 661 g/mol. The number of carbonyl (C=O) groups excluding carboxylic acids is 1. The van der Waals surface area contributed by atoms with Crippen molar-refractivity contribution in [1.29, 1.82) is 0 Å². The largest absolute Gasteiger partial charge is 0.493 e. The van der Waals surface area contributed by atoms with E-state index in [2.05, 4.69) is 22.4 Å². The molecule has 1 unspecified atom stereocenters. The average Bonchev–Trinajstić information content (AvgIpc) is 3.36. The molecular weight excluding hydrogens is 617 g/mol. The quantitative estimate of drug-likeness (QED) is 0.0499. The Labute approximate surface area is 270 Å². The van der Waals surface area contributed by atoms with E-state index in [0.29, 0.717) is 16.3 Å². The molecule has 0 spiro atoms. The molecule has 2 aromatic rings. The maximum atomic E-state index is 12.9. The van der Waals surface area contributed by atoms with Gasteiger partial charge in [-0.2, -0.15) is 13.5 Å². The number of amidine groups is 1. The van der Waals surface area contributed by atoms with Crippen LogP contribution in [0, 0.1) is 17.0 Å². The lowest BCUT2D eigenvalue weighted by Crippen LogP contribution is -2.24. The first-order valence-electron chi connectivity index (χ1n) is 15.6. The summed E-state index contributed by atoms with van der Waals surface area (Å²) in [6.07, 6.45) is 17.5. The molecule has 11 nitrogen and oxygen atoms in total. The fourth-order valence-corrected chi connectivity index (χ4v) is 7.09. The minimum atomic E-state index is -4.39. The number of benzene rings is 2. The second-order valence-corrected chi connectivity index (χ2v) is 13.8. The summed E-state index contributed by atoms with van der Waals surface area (Å²) in [5.74, 6) is -0.0317. The molecule has 0 bridgehead atoms. The Bertz CT molecular complexity index is 1460. The summed E-state index contributed by atoms with van der Waals surface area (Å²) in [6.45, 7) is 3.76. The first kappa shape index (κ1) is 36.0. The predicted molar refractivity (Wildman–Crippen MR) is 179 cm³/mol. The molecule has 1 saturated heterocycles. The van der Waals surface area contributed by atoms with Gasteiger partial charge in [-0.3, -0.25) is 14.9 Å². The summed E-state index contributed by atoms with van der Waals surface area (Å²) in [5, 5.41) is 22.4. The molecule has 0 aromatic heterocycles. The third kappa shape index (κ3) is 11.8. The lowest BCUT2D eigenvalue weighted by molar-refractivity contribution is -0.385. The number of aryl methyl sites for hydroxylation is 1. The van der Waals surface area contributed by atoms with Crippen LogP contribution in [-0.2, 0) is 14.9 Å². The van der Waals surface area contributed by atoms with Gasteiger partial charge in [-0.1, -0.05) is 102 Å². The maximum Gasteiger partial charge on any atom is 0.339 e.